The lowest BCUT2D eigenvalue weighted by Gasteiger charge is -2.31. The van der Waals surface area contributed by atoms with Crippen molar-refractivity contribution in [1.82, 2.24) is 0 Å². The van der Waals surface area contributed by atoms with Crippen LogP contribution in [0.25, 0.3) is 0 Å². The number of hydrogen-bond acceptors (Lipinski definition) is 4. The van der Waals surface area contributed by atoms with Crippen molar-refractivity contribution < 1.29 is 14.3 Å². The molecule has 2 rings (SSSR count). The summed E-state index contributed by atoms with van der Waals surface area (Å²) in [4.78, 5) is 24.7. The van der Waals surface area contributed by atoms with Crippen LogP contribution in [0.15, 0.2) is 11.4 Å². The van der Waals surface area contributed by atoms with Crippen LogP contribution in [0, 0.1) is 6.92 Å². The number of hydrogen-bond donors (Lipinski definition) is 1. The maximum atomic E-state index is 12.3. The van der Waals surface area contributed by atoms with Gasteiger partial charge in [0.25, 0.3) is 5.91 Å². The van der Waals surface area contributed by atoms with Crippen LogP contribution >= 0.6 is 11.3 Å². The number of esters is 1. The van der Waals surface area contributed by atoms with Crippen molar-refractivity contribution in [1.29, 1.82) is 0 Å². The third-order valence-corrected chi connectivity index (χ3v) is 4.94. The van der Waals surface area contributed by atoms with Crippen LogP contribution in [-0.4, -0.2) is 17.5 Å². The predicted octanol–water partition coefficient (Wildman–Crippen LogP) is 3.18. The summed E-state index contributed by atoms with van der Waals surface area (Å²) in [6.07, 6.45) is 6.12. The second kappa shape index (κ2) is 6.39. The minimum Gasteiger partial charge on any atom is -0.445 e. The quantitative estimate of drug-likeness (QED) is 0.871. The molecule has 0 saturated heterocycles. The van der Waals surface area contributed by atoms with Gasteiger partial charge in [0.15, 0.2) is 5.60 Å². The molecule has 2 N–H and O–H groups in total. The minimum absolute atomic E-state index is 0.420. The van der Waals surface area contributed by atoms with Gasteiger partial charge in [0.1, 0.15) is 4.88 Å². The van der Waals surface area contributed by atoms with Crippen LogP contribution in [-0.2, 0) is 9.53 Å². The van der Waals surface area contributed by atoms with Gasteiger partial charge >= 0.3 is 5.97 Å². The summed E-state index contributed by atoms with van der Waals surface area (Å²) >= 11 is 1.34. The van der Waals surface area contributed by atoms with E-state index in [1.807, 2.05) is 18.4 Å². The van der Waals surface area contributed by atoms with Gasteiger partial charge in [-0.1, -0.05) is 19.3 Å². The Balaban J connectivity index is 2.17. The molecule has 20 heavy (non-hydrogen) atoms. The van der Waals surface area contributed by atoms with E-state index in [-0.39, 0.29) is 0 Å². The Morgan fingerprint density at radius 3 is 2.30 bits per heavy atom. The molecule has 5 heteroatoms. The van der Waals surface area contributed by atoms with Crippen LogP contribution in [0.4, 0.5) is 0 Å². The number of primary amides is 1. The van der Waals surface area contributed by atoms with Gasteiger partial charge in [-0.3, -0.25) is 4.79 Å². The highest BCUT2D eigenvalue weighted by atomic mass is 32.1. The zero-order valence-electron chi connectivity index (χ0n) is 11.8. The fraction of sp³-hybridized carbons (Fsp3) is 0.600. The van der Waals surface area contributed by atoms with Crippen molar-refractivity contribution in [3.63, 3.8) is 0 Å². The summed E-state index contributed by atoms with van der Waals surface area (Å²) in [7, 11) is 0. The standard InChI is InChI=1S/C15H21NO3S/c1-11-7-10-20-12(11)13(17)19-15(14(16)18)8-5-3-2-4-6-9-15/h7,10H,2-6,8-9H2,1H3,(H2,16,18). The first-order chi connectivity index (χ1) is 9.55. The van der Waals surface area contributed by atoms with E-state index < -0.39 is 17.5 Å². The highest BCUT2D eigenvalue weighted by molar-refractivity contribution is 7.12. The van der Waals surface area contributed by atoms with Gasteiger partial charge in [0.05, 0.1) is 0 Å². The van der Waals surface area contributed by atoms with Crippen LogP contribution in [0.1, 0.15) is 60.2 Å². The number of carbonyl (C=O) groups excluding carboxylic acids is 2. The second-order valence-corrected chi connectivity index (χ2v) is 6.36. The molecular formula is C15H21NO3S. The molecule has 1 aliphatic carbocycles. The Morgan fingerprint density at radius 1 is 1.20 bits per heavy atom. The average Bonchev–Trinajstić information content (AvgIpc) is 2.78. The number of thiophene rings is 1. The van der Waals surface area contributed by atoms with Crippen molar-refractivity contribution >= 4 is 23.2 Å². The number of amides is 1. The molecule has 1 saturated carbocycles. The summed E-state index contributed by atoms with van der Waals surface area (Å²) in [6.45, 7) is 1.86. The van der Waals surface area contributed by atoms with Crippen LogP contribution in [0.3, 0.4) is 0 Å². The van der Waals surface area contributed by atoms with E-state index in [0.717, 1.165) is 31.2 Å². The molecule has 1 heterocycles. The summed E-state index contributed by atoms with van der Waals surface area (Å²) in [5, 5.41) is 1.85. The number of aryl methyl sites for hydroxylation is 1. The lowest BCUT2D eigenvalue weighted by Crippen LogP contribution is -2.48. The molecule has 0 aliphatic heterocycles. The highest BCUT2D eigenvalue weighted by Crippen LogP contribution is 2.31. The Kier molecular flexibility index (Phi) is 4.81. The number of nitrogens with two attached hydrogens (primary N) is 1. The van der Waals surface area contributed by atoms with Gasteiger partial charge in [0.2, 0.25) is 0 Å². The normalized spacial score (nSPS) is 18.9. The fourth-order valence-corrected chi connectivity index (χ4v) is 3.48. The van der Waals surface area contributed by atoms with Gasteiger partial charge in [-0.05, 0) is 49.6 Å². The zero-order chi connectivity index (χ0) is 14.6. The van der Waals surface area contributed by atoms with E-state index in [4.69, 9.17) is 10.5 Å². The molecule has 0 bridgehead atoms. The van der Waals surface area contributed by atoms with E-state index in [1.54, 1.807) is 0 Å². The van der Waals surface area contributed by atoms with Gasteiger partial charge < -0.3 is 10.5 Å². The van der Waals surface area contributed by atoms with Crippen LogP contribution < -0.4 is 5.73 Å². The van der Waals surface area contributed by atoms with E-state index in [9.17, 15) is 9.59 Å². The third kappa shape index (κ3) is 3.20. The molecule has 4 nitrogen and oxygen atoms in total. The van der Waals surface area contributed by atoms with E-state index >= 15 is 0 Å². The smallest absolute Gasteiger partial charge is 0.349 e. The summed E-state index contributed by atoms with van der Waals surface area (Å²) in [6, 6.07) is 1.87. The fourth-order valence-electron chi connectivity index (χ4n) is 2.68. The molecule has 1 aromatic rings. The van der Waals surface area contributed by atoms with Crippen LogP contribution in [0.5, 0.6) is 0 Å². The van der Waals surface area contributed by atoms with E-state index in [1.165, 1.54) is 17.8 Å². The van der Waals surface area contributed by atoms with Gasteiger partial charge in [-0.2, -0.15) is 0 Å². The Bertz CT molecular complexity index is 487. The summed E-state index contributed by atoms with van der Waals surface area (Å²) in [5.74, 6) is -0.932. The Labute approximate surface area is 123 Å². The number of rotatable bonds is 3. The second-order valence-electron chi connectivity index (χ2n) is 5.45. The molecular weight excluding hydrogens is 274 g/mol. The van der Waals surface area contributed by atoms with Crippen molar-refractivity contribution in [2.45, 2.75) is 57.5 Å². The molecule has 1 fully saturated rings. The first-order valence-electron chi connectivity index (χ1n) is 7.12. The average molecular weight is 295 g/mol. The highest BCUT2D eigenvalue weighted by Gasteiger charge is 2.40. The van der Waals surface area contributed by atoms with Gasteiger partial charge in [-0.15, -0.1) is 11.3 Å². The molecule has 1 amide bonds. The lowest BCUT2D eigenvalue weighted by molar-refractivity contribution is -0.139. The molecule has 0 unspecified atom stereocenters. The largest absolute Gasteiger partial charge is 0.445 e. The minimum atomic E-state index is -1.12. The molecule has 0 radical (unpaired) electrons. The van der Waals surface area contributed by atoms with Gasteiger partial charge in [-0.25, -0.2) is 4.79 Å². The van der Waals surface area contributed by atoms with Crippen LogP contribution in [0.2, 0.25) is 0 Å². The number of ether oxygens (including phenoxy) is 1. The Morgan fingerprint density at radius 2 is 1.80 bits per heavy atom. The lowest BCUT2D eigenvalue weighted by atomic mass is 9.86. The molecule has 0 atom stereocenters. The molecule has 1 aromatic heterocycles. The Hall–Kier alpha value is -1.36. The van der Waals surface area contributed by atoms with Crippen molar-refractivity contribution in [3.05, 3.63) is 21.9 Å². The summed E-state index contributed by atoms with van der Waals surface area (Å²) in [5.41, 5.74) is 5.31. The van der Waals surface area contributed by atoms with E-state index in [2.05, 4.69) is 0 Å². The summed E-state index contributed by atoms with van der Waals surface area (Å²) < 4.78 is 5.60. The van der Waals surface area contributed by atoms with Gasteiger partial charge in [0, 0.05) is 0 Å². The maximum absolute atomic E-state index is 12.3. The van der Waals surface area contributed by atoms with Crippen molar-refractivity contribution in [3.8, 4) is 0 Å². The molecule has 0 aromatic carbocycles. The predicted molar refractivity (Wildman–Crippen MR) is 78.7 cm³/mol. The number of carbonyl (C=O) groups is 2. The topological polar surface area (TPSA) is 69.4 Å². The SMILES string of the molecule is Cc1ccsc1C(=O)OC1(C(N)=O)CCCCCCC1. The zero-order valence-corrected chi connectivity index (χ0v) is 12.6. The molecule has 110 valence electrons. The van der Waals surface area contributed by atoms with Crippen molar-refractivity contribution in [2.24, 2.45) is 5.73 Å². The first kappa shape index (κ1) is 15.0. The maximum Gasteiger partial charge on any atom is 0.349 e. The van der Waals surface area contributed by atoms with Crippen molar-refractivity contribution in [2.75, 3.05) is 0 Å². The molecule has 1 aliphatic rings. The van der Waals surface area contributed by atoms with E-state index in [0.29, 0.717) is 17.7 Å². The third-order valence-electron chi connectivity index (χ3n) is 3.95. The first-order valence-corrected chi connectivity index (χ1v) is 8.00. The monoisotopic (exact) mass is 295 g/mol. The molecule has 0 spiro atoms.